The number of aromatic nitrogens is 1. The summed E-state index contributed by atoms with van der Waals surface area (Å²) in [6.07, 6.45) is 1.60. The highest BCUT2D eigenvalue weighted by Crippen LogP contribution is 2.25. The van der Waals surface area contributed by atoms with Crippen molar-refractivity contribution in [1.29, 1.82) is 0 Å². The van der Waals surface area contributed by atoms with Gasteiger partial charge in [0, 0.05) is 17.8 Å². The summed E-state index contributed by atoms with van der Waals surface area (Å²) in [6, 6.07) is 13.1. The molecule has 2 heterocycles. The molecule has 4 heteroatoms. The van der Waals surface area contributed by atoms with Crippen LogP contribution in [0.1, 0.15) is 10.5 Å². The Labute approximate surface area is 103 Å². The first-order valence-electron chi connectivity index (χ1n) is 5.54. The molecule has 0 atom stereocenters. The third-order valence-corrected chi connectivity index (χ3v) is 2.83. The molecule has 0 saturated carbocycles. The molecule has 1 aromatic carbocycles. The van der Waals surface area contributed by atoms with E-state index in [9.17, 15) is 4.79 Å². The van der Waals surface area contributed by atoms with Crippen LogP contribution in [0.25, 0.3) is 16.8 Å². The van der Waals surface area contributed by atoms with Crippen molar-refractivity contribution in [3.8, 4) is 5.69 Å². The lowest BCUT2D eigenvalue weighted by Gasteiger charge is -2.07. The van der Waals surface area contributed by atoms with Crippen molar-refractivity contribution < 1.29 is 13.9 Å². The highest BCUT2D eigenvalue weighted by molar-refractivity contribution is 5.95. The lowest BCUT2D eigenvalue weighted by atomic mass is 10.3. The lowest BCUT2D eigenvalue weighted by molar-refractivity contribution is 0.0592. The maximum atomic E-state index is 11.8. The smallest absolute Gasteiger partial charge is 0.355 e. The predicted molar refractivity (Wildman–Crippen MR) is 66.9 cm³/mol. The molecule has 0 N–H and O–H groups in total. The molecular formula is C14H11NO3. The second-order valence-electron chi connectivity index (χ2n) is 3.86. The number of furan rings is 1. The van der Waals surface area contributed by atoms with Gasteiger partial charge in [-0.1, -0.05) is 18.2 Å². The van der Waals surface area contributed by atoms with Crippen LogP contribution in [0.3, 0.4) is 0 Å². The van der Waals surface area contributed by atoms with Crippen molar-refractivity contribution in [2.45, 2.75) is 0 Å². The van der Waals surface area contributed by atoms with Gasteiger partial charge >= 0.3 is 5.97 Å². The topological polar surface area (TPSA) is 44.4 Å². The molecule has 2 aromatic heterocycles. The molecule has 0 aliphatic heterocycles. The van der Waals surface area contributed by atoms with Crippen molar-refractivity contribution in [2.75, 3.05) is 7.11 Å². The van der Waals surface area contributed by atoms with Crippen LogP contribution in [0.5, 0.6) is 0 Å². The Morgan fingerprint density at radius 2 is 2.00 bits per heavy atom. The van der Waals surface area contributed by atoms with Crippen LogP contribution in [-0.4, -0.2) is 17.6 Å². The largest absolute Gasteiger partial charge is 0.464 e. The maximum absolute atomic E-state index is 11.8. The number of carbonyl (C=O) groups is 1. The van der Waals surface area contributed by atoms with Gasteiger partial charge in [0.1, 0.15) is 5.69 Å². The minimum atomic E-state index is -0.384. The van der Waals surface area contributed by atoms with Crippen LogP contribution in [0.2, 0.25) is 0 Å². The third kappa shape index (κ3) is 1.50. The molecule has 0 amide bonds. The Balaban J connectivity index is 2.30. The predicted octanol–water partition coefficient (Wildman–Crippen LogP) is 3.01. The molecule has 3 rings (SSSR count). The van der Waals surface area contributed by atoms with Crippen molar-refractivity contribution in [3.63, 3.8) is 0 Å². The van der Waals surface area contributed by atoms with Gasteiger partial charge in [-0.2, -0.15) is 0 Å². The van der Waals surface area contributed by atoms with Gasteiger partial charge in [0.25, 0.3) is 0 Å². The van der Waals surface area contributed by atoms with E-state index in [-0.39, 0.29) is 5.97 Å². The number of benzene rings is 1. The van der Waals surface area contributed by atoms with Gasteiger partial charge in [-0.25, -0.2) is 4.79 Å². The molecule has 90 valence electrons. The highest BCUT2D eigenvalue weighted by Gasteiger charge is 2.18. The van der Waals surface area contributed by atoms with Crippen molar-refractivity contribution in [3.05, 3.63) is 54.4 Å². The minimum absolute atomic E-state index is 0.384. The minimum Gasteiger partial charge on any atom is -0.464 e. The highest BCUT2D eigenvalue weighted by atomic mass is 16.5. The van der Waals surface area contributed by atoms with Gasteiger partial charge in [-0.3, -0.25) is 0 Å². The molecule has 0 bridgehead atoms. The SMILES string of the molecule is COC(=O)c1cc2occc2n1-c1ccccc1. The average Bonchev–Trinajstić information content (AvgIpc) is 2.98. The summed E-state index contributed by atoms with van der Waals surface area (Å²) in [6.45, 7) is 0. The molecule has 0 unspecified atom stereocenters. The number of fused-ring (bicyclic) bond motifs is 1. The molecule has 0 spiro atoms. The second kappa shape index (κ2) is 4.07. The number of methoxy groups -OCH3 is 1. The molecule has 0 aliphatic carbocycles. The number of nitrogens with zero attached hydrogens (tertiary/aromatic N) is 1. The number of para-hydroxylation sites is 1. The van der Waals surface area contributed by atoms with E-state index in [0.717, 1.165) is 11.2 Å². The summed E-state index contributed by atoms with van der Waals surface area (Å²) < 4.78 is 11.9. The number of carbonyl (C=O) groups excluding carboxylic acids is 1. The van der Waals surface area contributed by atoms with Gasteiger partial charge in [-0.05, 0) is 12.1 Å². The van der Waals surface area contributed by atoms with E-state index in [1.165, 1.54) is 7.11 Å². The Morgan fingerprint density at radius 3 is 2.72 bits per heavy atom. The monoisotopic (exact) mass is 241 g/mol. The average molecular weight is 241 g/mol. The summed E-state index contributed by atoms with van der Waals surface area (Å²) in [5, 5.41) is 0. The van der Waals surface area contributed by atoms with Gasteiger partial charge in [0.05, 0.1) is 18.9 Å². The fraction of sp³-hybridized carbons (Fsp3) is 0.0714. The summed E-state index contributed by atoms with van der Waals surface area (Å²) in [5.41, 5.74) is 2.87. The number of hydrogen-bond acceptors (Lipinski definition) is 3. The summed E-state index contributed by atoms with van der Waals surface area (Å²) in [4.78, 5) is 11.8. The zero-order chi connectivity index (χ0) is 12.5. The van der Waals surface area contributed by atoms with E-state index in [2.05, 4.69) is 0 Å². The molecule has 0 radical (unpaired) electrons. The Kier molecular flexibility index (Phi) is 2.41. The van der Waals surface area contributed by atoms with E-state index in [1.807, 2.05) is 41.0 Å². The lowest BCUT2D eigenvalue weighted by Crippen LogP contribution is -2.08. The zero-order valence-corrected chi connectivity index (χ0v) is 9.79. The van der Waals surface area contributed by atoms with E-state index < -0.39 is 0 Å². The number of ether oxygens (including phenoxy) is 1. The van der Waals surface area contributed by atoms with Crippen LogP contribution in [0.15, 0.2) is 53.1 Å². The third-order valence-electron chi connectivity index (χ3n) is 2.83. The fourth-order valence-electron chi connectivity index (χ4n) is 2.04. The Morgan fingerprint density at radius 1 is 1.22 bits per heavy atom. The first kappa shape index (κ1) is 10.7. The molecule has 4 nitrogen and oxygen atoms in total. The van der Waals surface area contributed by atoms with E-state index in [1.54, 1.807) is 12.3 Å². The number of hydrogen-bond donors (Lipinski definition) is 0. The Hall–Kier alpha value is -2.49. The molecule has 18 heavy (non-hydrogen) atoms. The van der Waals surface area contributed by atoms with Gasteiger partial charge in [0.15, 0.2) is 5.58 Å². The summed E-state index contributed by atoms with van der Waals surface area (Å²) in [5.74, 6) is -0.384. The van der Waals surface area contributed by atoms with Crippen molar-refractivity contribution in [1.82, 2.24) is 4.57 Å². The maximum Gasteiger partial charge on any atom is 0.355 e. The Bertz CT molecular complexity index is 694. The van der Waals surface area contributed by atoms with Crippen LogP contribution in [-0.2, 0) is 4.74 Å². The van der Waals surface area contributed by atoms with Crippen molar-refractivity contribution in [2.24, 2.45) is 0 Å². The first-order valence-corrected chi connectivity index (χ1v) is 5.54. The van der Waals surface area contributed by atoms with E-state index in [4.69, 9.17) is 9.15 Å². The zero-order valence-electron chi connectivity index (χ0n) is 9.79. The summed E-state index contributed by atoms with van der Waals surface area (Å²) >= 11 is 0. The number of rotatable bonds is 2. The summed E-state index contributed by atoms with van der Waals surface area (Å²) in [7, 11) is 1.37. The van der Waals surface area contributed by atoms with Gasteiger partial charge in [0.2, 0.25) is 0 Å². The first-order chi connectivity index (χ1) is 8.81. The van der Waals surface area contributed by atoms with Gasteiger partial charge in [-0.15, -0.1) is 0 Å². The van der Waals surface area contributed by atoms with Crippen molar-refractivity contribution >= 4 is 17.1 Å². The van der Waals surface area contributed by atoms with E-state index in [0.29, 0.717) is 11.3 Å². The number of esters is 1. The van der Waals surface area contributed by atoms with Crippen LogP contribution in [0, 0.1) is 0 Å². The van der Waals surface area contributed by atoms with Crippen LogP contribution < -0.4 is 0 Å². The second-order valence-corrected chi connectivity index (χ2v) is 3.86. The quantitative estimate of drug-likeness (QED) is 0.648. The molecule has 0 aliphatic rings. The van der Waals surface area contributed by atoms with Crippen LogP contribution >= 0.6 is 0 Å². The molecule has 3 aromatic rings. The van der Waals surface area contributed by atoms with Crippen LogP contribution in [0.4, 0.5) is 0 Å². The molecule has 0 saturated heterocycles. The standard InChI is InChI=1S/C14H11NO3/c1-17-14(16)12-9-13-11(7-8-18-13)15(12)10-5-3-2-4-6-10/h2-9H,1H3. The normalized spacial score (nSPS) is 10.7. The van der Waals surface area contributed by atoms with Gasteiger partial charge < -0.3 is 13.7 Å². The molecular weight excluding hydrogens is 230 g/mol. The fourth-order valence-corrected chi connectivity index (χ4v) is 2.04. The molecule has 0 fully saturated rings. The van der Waals surface area contributed by atoms with E-state index >= 15 is 0 Å².